The Kier molecular flexibility index (Phi) is 4.07. The Balaban J connectivity index is 2.55. The van der Waals surface area contributed by atoms with E-state index in [2.05, 4.69) is 4.98 Å². The first-order chi connectivity index (χ1) is 6.76. The standard InChI is InChI=1S/C10H14N2O2/c1-2-3-10(13)14-9-5-4-8(6-11)12-7-9/h4-5,7H,2-3,6,11H2,1H3. The number of ether oxygens (including phenoxy) is 1. The Morgan fingerprint density at radius 3 is 2.86 bits per heavy atom. The van der Waals surface area contributed by atoms with E-state index < -0.39 is 0 Å². The molecule has 4 heteroatoms. The van der Waals surface area contributed by atoms with Crippen LogP contribution in [0.1, 0.15) is 25.5 Å². The normalized spacial score (nSPS) is 9.86. The molecule has 14 heavy (non-hydrogen) atoms. The second kappa shape index (κ2) is 5.34. The minimum absolute atomic E-state index is 0.227. The third-order valence-corrected chi connectivity index (χ3v) is 1.69. The Bertz CT molecular complexity index is 295. The summed E-state index contributed by atoms with van der Waals surface area (Å²) in [4.78, 5) is 15.1. The van der Waals surface area contributed by atoms with Gasteiger partial charge in [-0.15, -0.1) is 0 Å². The van der Waals surface area contributed by atoms with Gasteiger partial charge in [0.25, 0.3) is 0 Å². The topological polar surface area (TPSA) is 65.2 Å². The molecule has 1 rings (SSSR count). The SMILES string of the molecule is CCCC(=O)Oc1ccc(CN)nc1. The second-order valence-corrected chi connectivity index (χ2v) is 2.91. The van der Waals surface area contributed by atoms with Crippen LogP contribution in [-0.4, -0.2) is 11.0 Å². The van der Waals surface area contributed by atoms with Crippen molar-refractivity contribution in [3.63, 3.8) is 0 Å². The van der Waals surface area contributed by atoms with E-state index in [0.717, 1.165) is 12.1 Å². The average molecular weight is 194 g/mol. The molecule has 76 valence electrons. The van der Waals surface area contributed by atoms with E-state index >= 15 is 0 Å². The quantitative estimate of drug-likeness (QED) is 0.732. The zero-order valence-corrected chi connectivity index (χ0v) is 8.19. The molecule has 1 aromatic rings. The van der Waals surface area contributed by atoms with Gasteiger partial charge in [0.15, 0.2) is 0 Å². The number of esters is 1. The molecule has 0 fully saturated rings. The van der Waals surface area contributed by atoms with Gasteiger partial charge in [0.05, 0.1) is 11.9 Å². The van der Waals surface area contributed by atoms with Crippen molar-refractivity contribution in [2.75, 3.05) is 0 Å². The van der Waals surface area contributed by atoms with E-state index in [1.165, 1.54) is 6.20 Å². The zero-order chi connectivity index (χ0) is 10.4. The molecule has 0 aliphatic carbocycles. The summed E-state index contributed by atoms with van der Waals surface area (Å²) in [6.45, 7) is 2.32. The maximum absolute atomic E-state index is 11.1. The molecule has 0 spiro atoms. The van der Waals surface area contributed by atoms with Crippen LogP contribution in [0.3, 0.4) is 0 Å². The van der Waals surface area contributed by atoms with Gasteiger partial charge in [-0.25, -0.2) is 0 Å². The maximum Gasteiger partial charge on any atom is 0.311 e. The lowest BCUT2D eigenvalue weighted by atomic mass is 10.3. The predicted octanol–water partition coefficient (Wildman–Crippen LogP) is 1.25. The third kappa shape index (κ3) is 3.14. The number of hydrogen-bond acceptors (Lipinski definition) is 4. The molecule has 0 aliphatic heterocycles. The molecule has 0 aromatic carbocycles. The van der Waals surface area contributed by atoms with Crippen LogP contribution in [0.25, 0.3) is 0 Å². The fourth-order valence-corrected chi connectivity index (χ4v) is 0.979. The second-order valence-electron chi connectivity index (χ2n) is 2.91. The maximum atomic E-state index is 11.1. The largest absolute Gasteiger partial charge is 0.425 e. The predicted molar refractivity (Wildman–Crippen MR) is 52.7 cm³/mol. The third-order valence-electron chi connectivity index (χ3n) is 1.69. The van der Waals surface area contributed by atoms with Crippen LogP contribution in [0.4, 0.5) is 0 Å². The number of carbonyl (C=O) groups excluding carboxylic acids is 1. The van der Waals surface area contributed by atoms with Crippen molar-refractivity contribution in [2.24, 2.45) is 5.73 Å². The fourth-order valence-electron chi connectivity index (χ4n) is 0.979. The summed E-state index contributed by atoms with van der Waals surface area (Å²) in [6, 6.07) is 3.44. The van der Waals surface area contributed by atoms with Crippen LogP contribution >= 0.6 is 0 Å². The number of carbonyl (C=O) groups is 1. The Morgan fingerprint density at radius 2 is 2.36 bits per heavy atom. The van der Waals surface area contributed by atoms with Crippen LogP contribution < -0.4 is 10.5 Å². The van der Waals surface area contributed by atoms with Crippen LogP contribution in [0, 0.1) is 0 Å². The van der Waals surface area contributed by atoms with E-state index in [0.29, 0.717) is 18.7 Å². The lowest BCUT2D eigenvalue weighted by Crippen LogP contribution is -2.07. The molecule has 4 nitrogen and oxygen atoms in total. The molecule has 0 amide bonds. The molecule has 0 unspecified atom stereocenters. The molecule has 2 N–H and O–H groups in total. The minimum atomic E-state index is -0.227. The van der Waals surface area contributed by atoms with Crippen molar-refractivity contribution in [2.45, 2.75) is 26.3 Å². The van der Waals surface area contributed by atoms with Crippen molar-refractivity contribution in [3.8, 4) is 5.75 Å². The lowest BCUT2D eigenvalue weighted by molar-refractivity contribution is -0.134. The number of nitrogens with two attached hydrogens (primary N) is 1. The van der Waals surface area contributed by atoms with Gasteiger partial charge < -0.3 is 10.5 Å². The summed E-state index contributed by atoms with van der Waals surface area (Å²) in [6.07, 6.45) is 2.72. The Hall–Kier alpha value is -1.42. The van der Waals surface area contributed by atoms with Gasteiger partial charge in [-0.1, -0.05) is 6.92 Å². The highest BCUT2D eigenvalue weighted by molar-refractivity contribution is 5.72. The van der Waals surface area contributed by atoms with Crippen molar-refractivity contribution >= 4 is 5.97 Å². The summed E-state index contributed by atoms with van der Waals surface area (Å²) in [5.74, 6) is 0.246. The molecule has 1 aromatic heterocycles. The molecule has 0 aliphatic rings. The number of pyridine rings is 1. The van der Waals surface area contributed by atoms with Gasteiger partial charge in [-0.3, -0.25) is 9.78 Å². The van der Waals surface area contributed by atoms with Gasteiger partial charge >= 0.3 is 5.97 Å². The minimum Gasteiger partial charge on any atom is -0.425 e. The summed E-state index contributed by atoms with van der Waals surface area (Å²) in [7, 11) is 0. The van der Waals surface area contributed by atoms with Gasteiger partial charge in [0, 0.05) is 13.0 Å². The first-order valence-corrected chi connectivity index (χ1v) is 4.62. The van der Waals surface area contributed by atoms with Crippen molar-refractivity contribution in [3.05, 3.63) is 24.0 Å². The highest BCUT2D eigenvalue weighted by atomic mass is 16.5. The van der Waals surface area contributed by atoms with Gasteiger partial charge in [0.2, 0.25) is 0 Å². The van der Waals surface area contributed by atoms with E-state index in [1.807, 2.05) is 6.92 Å². The van der Waals surface area contributed by atoms with Crippen molar-refractivity contribution in [1.29, 1.82) is 0 Å². The van der Waals surface area contributed by atoms with Crippen molar-refractivity contribution < 1.29 is 9.53 Å². The average Bonchev–Trinajstić information content (AvgIpc) is 2.19. The van der Waals surface area contributed by atoms with Gasteiger partial charge in [-0.05, 0) is 18.6 Å². The molecule has 0 atom stereocenters. The summed E-state index contributed by atoms with van der Waals surface area (Å²) in [5, 5.41) is 0. The highest BCUT2D eigenvalue weighted by Crippen LogP contribution is 2.09. The number of hydrogen-bond donors (Lipinski definition) is 1. The zero-order valence-electron chi connectivity index (χ0n) is 8.19. The molecular weight excluding hydrogens is 180 g/mol. The first-order valence-electron chi connectivity index (χ1n) is 4.62. The molecular formula is C10H14N2O2. The lowest BCUT2D eigenvalue weighted by Gasteiger charge is -2.02. The monoisotopic (exact) mass is 194 g/mol. The van der Waals surface area contributed by atoms with Crippen molar-refractivity contribution in [1.82, 2.24) is 4.98 Å². The Morgan fingerprint density at radius 1 is 1.57 bits per heavy atom. The first kappa shape index (κ1) is 10.7. The summed E-state index contributed by atoms with van der Waals surface area (Å²) in [5.41, 5.74) is 6.16. The molecule has 0 saturated carbocycles. The molecule has 0 saturated heterocycles. The number of nitrogens with zero attached hydrogens (tertiary/aromatic N) is 1. The number of rotatable bonds is 4. The number of aromatic nitrogens is 1. The summed E-state index contributed by atoms with van der Waals surface area (Å²) < 4.78 is 5.01. The van der Waals surface area contributed by atoms with E-state index in [-0.39, 0.29) is 5.97 Å². The van der Waals surface area contributed by atoms with Crippen LogP contribution in [-0.2, 0) is 11.3 Å². The highest BCUT2D eigenvalue weighted by Gasteiger charge is 2.02. The van der Waals surface area contributed by atoms with Gasteiger partial charge in [0.1, 0.15) is 5.75 Å². The molecule has 0 radical (unpaired) electrons. The summed E-state index contributed by atoms with van der Waals surface area (Å²) >= 11 is 0. The smallest absolute Gasteiger partial charge is 0.311 e. The van der Waals surface area contributed by atoms with E-state index in [4.69, 9.17) is 10.5 Å². The van der Waals surface area contributed by atoms with E-state index in [1.54, 1.807) is 12.1 Å². The van der Waals surface area contributed by atoms with Gasteiger partial charge in [-0.2, -0.15) is 0 Å². The van der Waals surface area contributed by atoms with Crippen LogP contribution in [0.15, 0.2) is 18.3 Å². The Labute approximate surface area is 83.1 Å². The van der Waals surface area contributed by atoms with Crippen LogP contribution in [0.5, 0.6) is 5.75 Å². The van der Waals surface area contributed by atoms with Crippen LogP contribution in [0.2, 0.25) is 0 Å². The van der Waals surface area contributed by atoms with E-state index in [9.17, 15) is 4.79 Å². The fraction of sp³-hybridized carbons (Fsp3) is 0.400. The molecule has 1 heterocycles. The molecule has 0 bridgehead atoms.